The van der Waals surface area contributed by atoms with Crippen molar-refractivity contribution in [2.24, 2.45) is 0 Å². The summed E-state index contributed by atoms with van der Waals surface area (Å²) >= 11 is 0. The molecule has 0 aromatic heterocycles. The lowest BCUT2D eigenvalue weighted by atomic mass is 10.1. The number of carbonyl (C=O) groups excluding carboxylic acids is 2. The van der Waals surface area contributed by atoms with Crippen molar-refractivity contribution in [1.82, 2.24) is 0 Å². The Bertz CT molecular complexity index is 977. The molecule has 0 radical (unpaired) electrons. The minimum absolute atomic E-state index is 0.236. The van der Waals surface area contributed by atoms with Crippen molar-refractivity contribution in [2.45, 2.75) is 26.9 Å². The fourth-order valence-electron chi connectivity index (χ4n) is 2.85. The van der Waals surface area contributed by atoms with E-state index in [1.165, 1.54) is 0 Å². The maximum absolute atomic E-state index is 12.3. The molecule has 29 heavy (non-hydrogen) atoms. The van der Waals surface area contributed by atoms with Crippen LogP contribution in [-0.4, -0.2) is 18.0 Å². The normalized spacial score (nSPS) is 11.4. The van der Waals surface area contributed by atoms with Gasteiger partial charge in [0.2, 0.25) is 0 Å². The van der Waals surface area contributed by atoms with Crippen molar-refractivity contribution in [2.75, 3.05) is 5.32 Å². The maximum Gasteiger partial charge on any atom is 0.352 e. The second-order valence-electron chi connectivity index (χ2n) is 6.85. The Hall–Kier alpha value is -3.60. The summed E-state index contributed by atoms with van der Waals surface area (Å²) in [5.74, 6) is 0.230. The summed E-state index contributed by atoms with van der Waals surface area (Å²) in [5, 5.41) is 2.81. The van der Waals surface area contributed by atoms with Crippen molar-refractivity contribution in [3.05, 3.63) is 89.5 Å². The maximum atomic E-state index is 12.3. The van der Waals surface area contributed by atoms with E-state index in [-0.39, 0.29) is 5.91 Å². The number of anilines is 1. The highest BCUT2D eigenvalue weighted by molar-refractivity contribution is 6.04. The molecule has 1 unspecified atom stereocenters. The number of benzene rings is 3. The van der Waals surface area contributed by atoms with Crippen LogP contribution in [-0.2, 0) is 4.79 Å². The summed E-state index contributed by atoms with van der Waals surface area (Å²) in [5.41, 5.74) is 3.30. The van der Waals surface area contributed by atoms with Crippen LogP contribution in [0.2, 0.25) is 0 Å². The van der Waals surface area contributed by atoms with Crippen molar-refractivity contribution in [3.63, 3.8) is 0 Å². The van der Waals surface area contributed by atoms with Gasteiger partial charge in [-0.05, 0) is 80.4 Å². The molecule has 0 aliphatic rings. The molecule has 0 saturated carbocycles. The van der Waals surface area contributed by atoms with Gasteiger partial charge in [0.1, 0.15) is 11.5 Å². The van der Waals surface area contributed by atoms with Crippen molar-refractivity contribution < 1.29 is 19.1 Å². The summed E-state index contributed by atoms with van der Waals surface area (Å²) in [6.07, 6.45) is -0.766. The molecule has 0 heterocycles. The zero-order valence-electron chi connectivity index (χ0n) is 16.6. The molecule has 3 aromatic carbocycles. The molecule has 1 N–H and O–H groups in total. The molecule has 3 rings (SSSR count). The van der Waals surface area contributed by atoms with Gasteiger partial charge in [-0.25, -0.2) is 4.79 Å². The third kappa shape index (κ3) is 5.69. The smallest absolute Gasteiger partial charge is 0.352 e. The van der Waals surface area contributed by atoms with E-state index < -0.39 is 12.1 Å². The van der Waals surface area contributed by atoms with Crippen LogP contribution in [0.4, 0.5) is 5.69 Å². The SMILES string of the molecule is Cc1cc(C)cc(OC(C)C(=O)Oc2ccc(C(=O)Nc3ccccc3)cc2)c1. The zero-order chi connectivity index (χ0) is 20.8. The number of carbonyl (C=O) groups is 2. The lowest BCUT2D eigenvalue weighted by Gasteiger charge is -2.15. The molecule has 0 fully saturated rings. The van der Waals surface area contributed by atoms with E-state index in [1.54, 1.807) is 31.2 Å². The minimum Gasteiger partial charge on any atom is -0.479 e. The first-order chi connectivity index (χ1) is 13.9. The molecule has 148 valence electrons. The molecule has 0 bridgehead atoms. The lowest BCUT2D eigenvalue weighted by Crippen LogP contribution is -2.28. The van der Waals surface area contributed by atoms with Crippen LogP contribution in [0.25, 0.3) is 0 Å². The van der Waals surface area contributed by atoms with Crippen LogP contribution in [0.1, 0.15) is 28.4 Å². The Morgan fingerprint density at radius 2 is 1.45 bits per heavy atom. The Morgan fingerprint density at radius 1 is 0.828 bits per heavy atom. The summed E-state index contributed by atoms with van der Waals surface area (Å²) in [6, 6.07) is 21.4. The molecule has 0 aliphatic carbocycles. The highest BCUT2D eigenvalue weighted by Crippen LogP contribution is 2.19. The molecule has 3 aromatic rings. The quantitative estimate of drug-likeness (QED) is 0.480. The van der Waals surface area contributed by atoms with Gasteiger partial charge < -0.3 is 14.8 Å². The fraction of sp³-hybridized carbons (Fsp3) is 0.167. The van der Waals surface area contributed by atoms with Gasteiger partial charge in [-0.1, -0.05) is 24.3 Å². The summed E-state index contributed by atoms with van der Waals surface area (Å²) in [6.45, 7) is 5.58. The highest BCUT2D eigenvalue weighted by Gasteiger charge is 2.18. The third-order valence-corrected chi connectivity index (χ3v) is 4.21. The number of hydrogen-bond donors (Lipinski definition) is 1. The monoisotopic (exact) mass is 389 g/mol. The zero-order valence-corrected chi connectivity index (χ0v) is 16.6. The number of ether oxygens (including phenoxy) is 2. The van der Waals surface area contributed by atoms with Gasteiger partial charge in [0.25, 0.3) is 5.91 Å². The number of hydrogen-bond acceptors (Lipinski definition) is 4. The molecule has 5 heteroatoms. The molecular formula is C24H23NO4. The number of aryl methyl sites for hydroxylation is 2. The highest BCUT2D eigenvalue weighted by atomic mass is 16.6. The van der Waals surface area contributed by atoms with Crippen LogP contribution in [0.3, 0.4) is 0 Å². The predicted molar refractivity (Wildman–Crippen MR) is 112 cm³/mol. The molecule has 0 aliphatic heterocycles. The topological polar surface area (TPSA) is 64.6 Å². The minimum atomic E-state index is -0.766. The molecule has 1 amide bonds. The van der Waals surface area contributed by atoms with Crippen LogP contribution in [0.15, 0.2) is 72.8 Å². The van der Waals surface area contributed by atoms with Gasteiger partial charge in [-0.2, -0.15) is 0 Å². The second-order valence-corrected chi connectivity index (χ2v) is 6.85. The predicted octanol–water partition coefficient (Wildman–Crippen LogP) is 4.93. The first-order valence-corrected chi connectivity index (χ1v) is 9.34. The third-order valence-electron chi connectivity index (χ3n) is 4.21. The first-order valence-electron chi connectivity index (χ1n) is 9.34. The van der Waals surface area contributed by atoms with Gasteiger partial charge in [0, 0.05) is 11.3 Å². The van der Waals surface area contributed by atoms with Gasteiger partial charge in [0.05, 0.1) is 0 Å². The summed E-state index contributed by atoms with van der Waals surface area (Å²) in [7, 11) is 0. The van der Waals surface area contributed by atoms with Gasteiger partial charge in [-0.3, -0.25) is 4.79 Å². The molecular weight excluding hydrogens is 366 g/mol. The van der Waals surface area contributed by atoms with E-state index in [4.69, 9.17) is 9.47 Å². The number of rotatable bonds is 6. The van der Waals surface area contributed by atoms with Crippen LogP contribution in [0, 0.1) is 13.8 Å². The largest absolute Gasteiger partial charge is 0.479 e. The van der Waals surface area contributed by atoms with Gasteiger partial charge >= 0.3 is 5.97 Å². The summed E-state index contributed by atoms with van der Waals surface area (Å²) < 4.78 is 11.1. The van der Waals surface area contributed by atoms with Crippen LogP contribution < -0.4 is 14.8 Å². The number of nitrogens with one attached hydrogen (secondary N) is 1. The van der Waals surface area contributed by atoms with Crippen LogP contribution >= 0.6 is 0 Å². The number of esters is 1. The fourth-order valence-corrected chi connectivity index (χ4v) is 2.85. The first kappa shape index (κ1) is 20.1. The van der Waals surface area contributed by atoms with Crippen molar-refractivity contribution in [1.29, 1.82) is 0 Å². The Labute approximate surface area is 170 Å². The number of amides is 1. The van der Waals surface area contributed by atoms with Gasteiger partial charge in [0.15, 0.2) is 6.10 Å². The molecule has 1 atom stereocenters. The van der Waals surface area contributed by atoms with E-state index in [0.29, 0.717) is 22.7 Å². The van der Waals surface area contributed by atoms with E-state index in [1.807, 2.05) is 62.4 Å². The van der Waals surface area contributed by atoms with E-state index in [0.717, 1.165) is 11.1 Å². The van der Waals surface area contributed by atoms with Crippen molar-refractivity contribution >= 4 is 17.6 Å². The Morgan fingerprint density at radius 3 is 2.07 bits per heavy atom. The van der Waals surface area contributed by atoms with Gasteiger partial charge in [-0.15, -0.1) is 0 Å². The van der Waals surface area contributed by atoms with Crippen molar-refractivity contribution in [3.8, 4) is 11.5 Å². The van der Waals surface area contributed by atoms with E-state index in [9.17, 15) is 9.59 Å². The molecule has 5 nitrogen and oxygen atoms in total. The standard InChI is InChI=1S/C24H23NO4/c1-16-13-17(2)15-22(14-16)28-18(3)24(27)29-21-11-9-19(10-12-21)23(26)25-20-7-5-4-6-8-20/h4-15,18H,1-3H3,(H,25,26). The van der Waals surface area contributed by atoms with E-state index >= 15 is 0 Å². The summed E-state index contributed by atoms with van der Waals surface area (Å²) in [4.78, 5) is 24.6. The second kappa shape index (κ2) is 9.06. The van der Waals surface area contributed by atoms with E-state index in [2.05, 4.69) is 5.32 Å². The lowest BCUT2D eigenvalue weighted by molar-refractivity contribution is -0.141. The van der Waals surface area contributed by atoms with Crippen LogP contribution in [0.5, 0.6) is 11.5 Å². The molecule has 0 spiro atoms. The molecule has 0 saturated heterocycles. The Kier molecular flexibility index (Phi) is 6.29. The average molecular weight is 389 g/mol. The average Bonchev–Trinajstić information content (AvgIpc) is 2.68. The number of para-hydroxylation sites is 1. The Balaban J connectivity index is 1.58.